The first-order valence-electron chi connectivity index (χ1n) is 6.34. The number of nitrogen functional groups attached to an aromatic ring is 1. The Morgan fingerprint density at radius 2 is 2.05 bits per heavy atom. The Hall–Kier alpha value is -2.61. The first-order valence-corrected chi connectivity index (χ1v) is 6.34. The van der Waals surface area contributed by atoms with Gasteiger partial charge in [0.1, 0.15) is 6.33 Å². The summed E-state index contributed by atoms with van der Waals surface area (Å²) in [6.07, 6.45) is 4.53. The topological polar surface area (TPSA) is 96.9 Å². The maximum atomic E-state index is 5.67. The summed E-state index contributed by atoms with van der Waals surface area (Å²) >= 11 is 0. The first kappa shape index (κ1) is 12.4. The number of tetrazole rings is 1. The standard InChI is InChI=1S/C12H16N8/c13-11-3-1-10(2-4-11)5-6-19-7-12(15-17-19)8-20-9-14-16-18-20/h1-4,7,9,15,17H,5-6,8,13H2. The van der Waals surface area contributed by atoms with E-state index >= 15 is 0 Å². The Labute approximate surface area is 116 Å². The summed E-state index contributed by atoms with van der Waals surface area (Å²) in [5, 5.41) is 13.0. The van der Waals surface area contributed by atoms with Crippen LogP contribution >= 0.6 is 0 Å². The van der Waals surface area contributed by atoms with Crippen molar-refractivity contribution in [3.63, 3.8) is 0 Å². The lowest BCUT2D eigenvalue weighted by molar-refractivity contribution is 0.273. The molecule has 0 unspecified atom stereocenters. The van der Waals surface area contributed by atoms with E-state index in [1.54, 1.807) is 11.0 Å². The second kappa shape index (κ2) is 5.57. The van der Waals surface area contributed by atoms with Gasteiger partial charge in [-0.25, -0.2) is 4.68 Å². The Morgan fingerprint density at radius 1 is 1.20 bits per heavy atom. The Kier molecular flexibility index (Phi) is 3.46. The van der Waals surface area contributed by atoms with Crippen LogP contribution in [0.4, 0.5) is 5.69 Å². The third-order valence-electron chi connectivity index (χ3n) is 3.02. The highest BCUT2D eigenvalue weighted by molar-refractivity contribution is 5.39. The van der Waals surface area contributed by atoms with Crippen molar-refractivity contribution < 1.29 is 0 Å². The van der Waals surface area contributed by atoms with Gasteiger partial charge in [-0.1, -0.05) is 12.1 Å². The Bertz CT molecular complexity index is 574. The second-order valence-electron chi connectivity index (χ2n) is 4.58. The maximum absolute atomic E-state index is 5.67. The van der Waals surface area contributed by atoms with Crippen molar-refractivity contribution >= 4 is 5.69 Å². The smallest absolute Gasteiger partial charge is 0.138 e. The van der Waals surface area contributed by atoms with Crippen LogP contribution in [-0.4, -0.2) is 31.8 Å². The van der Waals surface area contributed by atoms with Gasteiger partial charge in [-0.15, -0.1) is 10.6 Å². The van der Waals surface area contributed by atoms with Gasteiger partial charge in [0, 0.05) is 18.4 Å². The highest BCUT2D eigenvalue weighted by Crippen LogP contribution is 2.08. The van der Waals surface area contributed by atoms with E-state index in [2.05, 4.69) is 26.5 Å². The van der Waals surface area contributed by atoms with E-state index in [1.165, 1.54) is 5.56 Å². The second-order valence-corrected chi connectivity index (χ2v) is 4.58. The molecule has 1 aliphatic rings. The zero-order chi connectivity index (χ0) is 13.8. The highest BCUT2D eigenvalue weighted by atomic mass is 15.7. The average molecular weight is 272 g/mol. The van der Waals surface area contributed by atoms with E-state index < -0.39 is 0 Å². The third kappa shape index (κ3) is 3.04. The molecule has 20 heavy (non-hydrogen) atoms. The zero-order valence-electron chi connectivity index (χ0n) is 10.9. The summed E-state index contributed by atoms with van der Waals surface area (Å²) in [5.74, 6) is 0. The van der Waals surface area contributed by atoms with E-state index in [0.29, 0.717) is 6.54 Å². The fourth-order valence-corrected chi connectivity index (χ4v) is 1.96. The van der Waals surface area contributed by atoms with Crippen LogP contribution in [0.1, 0.15) is 5.56 Å². The van der Waals surface area contributed by atoms with Crippen molar-refractivity contribution in [2.45, 2.75) is 13.0 Å². The summed E-state index contributed by atoms with van der Waals surface area (Å²) in [5.41, 5.74) is 14.9. The quantitative estimate of drug-likeness (QED) is 0.641. The molecule has 1 aliphatic heterocycles. The maximum Gasteiger partial charge on any atom is 0.138 e. The molecule has 1 aromatic heterocycles. The predicted octanol–water partition coefficient (Wildman–Crippen LogP) is -0.336. The monoisotopic (exact) mass is 272 g/mol. The lowest BCUT2D eigenvalue weighted by Crippen LogP contribution is -2.37. The number of aromatic nitrogens is 4. The van der Waals surface area contributed by atoms with Gasteiger partial charge in [-0.3, -0.25) is 5.01 Å². The molecular weight excluding hydrogens is 256 g/mol. The number of nitrogens with two attached hydrogens (primary N) is 1. The van der Waals surface area contributed by atoms with Crippen LogP contribution in [0.2, 0.25) is 0 Å². The average Bonchev–Trinajstić information content (AvgIpc) is 3.11. The van der Waals surface area contributed by atoms with Gasteiger partial charge in [0.05, 0.1) is 12.2 Å². The van der Waals surface area contributed by atoms with E-state index in [0.717, 1.165) is 24.4 Å². The van der Waals surface area contributed by atoms with Gasteiger partial charge in [0.15, 0.2) is 0 Å². The molecule has 0 fully saturated rings. The number of allylic oxidation sites excluding steroid dienone is 1. The van der Waals surface area contributed by atoms with E-state index in [9.17, 15) is 0 Å². The van der Waals surface area contributed by atoms with Crippen LogP contribution in [0, 0.1) is 0 Å². The zero-order valence-corrected chi connectivity index (χ0v) is 10.9. The number of nitrogens with zero attached hydrogens (tertiary/aromatic N) is 5. The van der Waals surface area contributed by atoms with Gasteiger partial charge in [0.25, 0.3) is 0 Å². The van der Waals surface area contributed by atoms with Gasteiger partial charge < -0.3 is 11.2 Å². The minimum Gasteiger partial charge on any atom is -0.399 e. The highest BCUT2D eigenvalue weighted by Gasteiger charge is 2.11. The molecule has 8 nitrogen and oxygen atoms in total. The molecule has 2 heterocycles. The summed E-state index contributed by atoms with van der Waals surface area (Å²) in [6, 6.07) is 7.93. The number of nitrogens with one attached hydrogen (secondary N) is 2. The van der Waals surface area contributed by atoms with Gasteiger partial charge >= 0.3 is 0 Å². The number of hydrogen-bond donors (Lipinski definition) is 3. The minimum atomic E-state index is 0.609. The molecule has 0 bridgehead atoms. The van der Waals surface area contributed by atoms with Crippen LogP contribution in [0.3, 0.4) is 0 Å². The van der Waals surface area contributed by atoms with E-state index in [1.807, 2.05) is 35.5 Å². The molecule has 4 N–H and O–H groups in total. The van der Waals surface area contributed by atoms with E-state index in [-0.39, 0.29) is 0 Å². The summed E-state index contributed by atoms with van der Waals surface area (Å²) < 4.78 is 1.66. The van der Waals surface area contributed by atoms with Crippen molar-refractivity contribution in [1.29, 1.82) is 0 Å². The van der Waals surface area contributed by atoms with Crippen LogP contribution in [0.25, 0.3) is 0 Å². The number of hydrogen-bond acceptors (Lipinski definition) is 7. The van der Waals surface area contributed by atoms with Crippen LogP contribution in [0.15, 0.2) is 42.5 Å². The van der Waals surface area contributed by atoms with Crippen molar-refractivity contribution in [1.82, 2.24) is 36.2 Å². The molecule has 2 aromatic rings. The molecule has 0 spiro atoms. The fourth-order valence-electron chi connectivity index (χ4n) is 1.96. The van der Waals surface area contributed by atoms with Gasteiger partial charge in [-0.05, 0) is 34.5 Å². The molecule has 0 atom stereocenters. The summed E-state index contributed by atoms with van der Waals surface area (Å²) in [6.45, 7) is 1.47. The molecule has 0 saturated carbocycles. The number of hydrazine groups is 2. The van der Waals surface area contributed by atoms with Gasteiger partial charge in [0.2, 0.25) is 0 Å². The first-order chi connectivity index (χ1) is 9.79. The summed E-state index contributed by atoms with van der Waals surface area (Å²) in [4.78, 5) is 0. The largest absolute Gasteiger partial charge is 0.399 e. The molecule has 104 valence electrons. The van der Waals surface area contributed by atoms with Crippen LogP contribution in [-0.2, 0) is 13.0 Å². The molecule has 0 amide bonds. The number of rotatable bonds is 5. The van der Waals surface area contributed by atoms with E-state index in [4.69, 9.17) is 5.73 Å². The fraction of sp³-hybridized carbons (Fsp3) is 0.250. The Morgan fingerprint density at radius 3 is 2.80 bits per heavy atom. The van der Waals surface area contributed by atoms with Crippen molar-refractivity contribution in [3.8, 4) is 0 Å². The number of anilines is 1. The molecule has 1 aromatic carbocycles. The predicted molar refractivity (Wildman–Crippen MR) is 73.4 cm³/mol. The number of benzene rings is 1. The SMILES string of the molecule is Nc1ccc(CCN2C=C(Cn3cnnn3)NN2)cc1. The van der Waals surface area contributed by atoms with Crippen LogP contribution in [0.5, 0.6) is 0 Å². The van der Waals surface area contributed by atoms with Crippen molar-refractivity contribution in [2.75, 3.05) is 12.3 Å². The molecule has 0 aliphatic carbocycles. The molecule has 3 rings (SSSR count). The summed E-state index contributed by atoms with van der Waals surface area (Å²) in [7, 11) is 0. The molecule has 0 radical (unpaired) electrons. The third-order valence-corrected chi connectivity index (χ3v) is 3.02. The van der Waals surface area contributed by atoms with Crippen LogP contribution < -0.4 is 16.7 Å². The van der Waals surface area contributed by atoms with Crippen molar-refractivity contribution in [3.05, 3.63) is 48.1 Å². The Balaban J connectivity index is 1.51. The van der Waals surface area contributed by atoms with Crippen molar-refractivity contribution in [2.24, 2.45) is 0 Å². The minimum absolute atomic E-state index is 0.609. The molecule has 0 saturated heterocycles. The normalized spacial score (nSPS) is 14.2. The molecular formula is C12H16N8. The lowest BCUT2D eigenvalue weighted by Gasteiger charge is -2.14. The van der Waals surface area contributed by atoms with Gasteiger partial charge in [-0.2, -0.15) is 0 Å². The lowest BCUT2D eigenvalue weighted by atomic mass is 10.1. The molecule has 8 heteroatoms.